The van der Waals surface area contributed by atoms with Gasteiger partial charge in [-0.25, -0.2) is 0 Å². The molecule has 0 atom stereocenters. The van der Waals surface area contributed by atoms with Gasteiger partial charge < -0.3 is 15.2 Å². The van der Waals surface area contributed by atoms with Crippen LogP contribution >= 0.6 is 0 Å². The second-order valence-electron chi connectivity index (χ2n) is 4.24. The summed E-state index contributed by atoms with van der Waals surface area (Å²) in [5.74, 6) is 1.76. The highest BCUT2D eigenvalue weighted by Gasteiger charge is 2.06. The Kier molecular flexibility index (Phi) is 4.75. The van der Waals surface area contributed by atoms with E-state index in [1.807, 2.05) is 6.92 Å². The van der Waals surface area contributed by atoms with Gasteiger partial charge in [0, 0.05) is 19.2 Å². The first-order valence-electron chi connectivity index (χ1n) is 6.54. The lowest BCUT2D eigenvalue weighted by molar-refractivity contribution is 0.317. The Labute approximate surface area is 117 Å². The second kappa shape index (κ2) is 6.74. The molecule has 0 aliphatic rings. The lowest BCUT2D eigenvalue weighted by atomic mass is 10.3. The lowest BCUT2D eigenvalue weighted by Crippen LogP contribution is -2.05. The van der Waals surface area contributed by atoms with Crippen LogP contribution in [0.2, 0.25) is 0 Å². The van der Waals surface area contributed by atoms with Gasteiger partial charge in [-0.15, -0.1) is 0 Å². The fourth-order valence-corrected chi connectivity index (χ4v) is 1.79. The minimum absolute atomic E-state index is 0.516. The molecular weight excluding hydrogens is 258 g/mol. The maximum absolute atomic E-state index is 5.61. The summed E-state index contributed by atoms with van der Waals surface area (Å²) in [6.07, 6.45) is 5.02. The van der Waals surface area contributed by atoms with Gasteiger partial charge >= 0.3 is 0 Å². The first kappa shape index (κ1) is 14.1. The molecule has 0 aromatic carbocycles. The van der Waals surface area contributed by atoms with Crippen molar-refractivity contribution in [1.82, 2.24) is 19.7 Å². The summed E-state index contributed by atoms with van der Waals surface area (Å²) in [5, 5.41) is 4.13. The number of anilines is 1. The van der Waals surface area contributed by atoms with E-state index in [4.69, 9.17) is 15.2 Å². The topological polar surface area (TPSA) is 88.1 Å². The average Bonchev–Trinajstić information content (AvgIpc) is 2.84. The fraction of sp³-hybridized carbons (Fsp3) is 0.462. The van der Waals surface area contributed by atoms with Crippen LogP contribution in [0.4, 0.5) is 5.69 Å². The highest BCUT2D eigenvalue weighted by Crippen LogP contribution is 2.16. The van der Waals surface area contributed by atoms with Crippen molar-refractivity contribution in [2.45, 2.75) is 26.3 Å². The predicted molar refractivity (Wildman–Crippen MR) is 74.7 cm³/mol. The minimum Gasteiger partial charge on any atom is -0.481 e. The Morgan fingerprint density at radius 2 is 2.10 bits per heavy atom. The van der Waals surface area contributed by atoms with Gasteiger partial charge in [0.25, 0.3) is 0 Å². The maximum Gasteiger partial charge on any atom is 0.220 e. The third kappa shape index (κ3) is 3.84. The molecule has 2 N–H and O–H groups in total. The van der Waals surface area contributed by atoms with E-state index in [-0.39, 0.29) is 0 Å². The monoisotopic (exact) mass is 277 g/mol. The standard InChI is InChI=1S/C13H19N5O2/c1-3-20-13-7-12(19-2)16-11(17-13)5-4-6-18-9-10(14)8-15-18/h7-9H,3-6,14H2,1-2H3. The molecule has 7 nitrogen and oxygen atoms in total. The van der Waals surface area contributed by atoms with Gasteiger partial charge in [0.2, 0.25) is 11.8 Å². The second-order valence-corrected chi connectivity index (χ2v) is 4.24. The van der Waals surface area contributed by atoms with E-state index in [0.717, 1.165) is 19.4 Å². The molecule has 0 aliphatic carbocycles. The molecule has 0 amide bonds. The molecule has 0 saturated carbocycles. The molecule has 0 saturated heterocycles. The molecule has 2 heterocycles. The molecule has 0 spiro atoms. The summed E-state index contributed by atoms with van der Waals surface area (Å²) in [4.78, 5) is 8.64. The number of methoxy groups -OCH3 is 1. The third-order valence-electron chi connectivity index (χ3n) is 2.67. The summed E-state index contributed by atoms with van der Waals surface area (Å²) < 4.78 is 12.3. The summed E-state index contributed by atoms with van der Waals surface area (Å²) >= 11 is 0. The molecular formula is C13H19N5O2. The van der Waals surface area contributed by atoms with Gasteiger partial charge in [-0.05, 0) is 13.3 Å². The average molecular weight is 277 g/mol. The Hall–Kier alpha value is -2.31. The summed E-state index contributed by atoms with van der Waals surface area (Å²) in [7, 11) is 1.58. The number of nitrogen functional groups attached to an aromatic ring is 1. The number of aromatic nitrogens is 4. The Morgan fingerprint density at radius 3 is 2.75 bits per heavy atom. The first-order chi connectivity index (χ1) is 9.71. The molecule has 0 bridgehead atoms. The zero-order valence-electron chi connectivity index (χ0n) is 11.7. The smallest absolute Gasteiger partial charge is 0.220 e. The molecule has 20 heavy (non-hydrogen) atoms. The van der Waals surface area contributed by atoms with Crippen molar-refractivity contribution in [3.63, 3.8) is 0 Å². The zero-order chi connectivity index (χ0) is 14.4. The first-order valence-corrected chi connectivity index (χ1v) is 6.54. The van der Waals surface area contributed by atoms with Crippen molar-refractivity contribution < 1.29 is 9.47 Å². The lowest BCUT2D eigenvalue weighted by Gasteiger charge is -2.07. The SMILES string of the molecule is CCOc1cc(OC)nc(CCCn2cc(N)cn2)n1. The molecule has 0 aliphatic heterocycles. The van der Waals surface area contributed by atoms with E-state index in [0.29, 0.717) is 29.9 Å². The van der Waals surface area contributed by atoms with Crippen LogP contribution in [0, 0.1) is 0 Å². The molecule has 2 rings (SSSR count). The predicted octanol–water partition coefficient (Wildman–Crippen LogP) is 1.30. The molecule has 2 aromatic heterocycles. The highest BCUT2D eigenvalue weighted by molar-refractivity contribution is 5.30. The van der Waals surface area contributed by atoms with Crippen LogP contribution in [0.15, 0.2) is 18.5 Å². The van der Waals surface area contributed by atoms with Crippen LogP contribution < -0.4 is 15.2 Å². The minimum atomic E-state index is 0.516. The molecule has 0 fully saturated rings. The van der Waals surface area contributed by atoms with Gasteiger partial charge in [-0.2, -0.15) is 15.1 Å². The van der Waals surface area contributed by atoms with Gasteiger partial charge in [-0.1, -0.05) is 0 Å². The maximum atomic E-state index is 5.61. The summed E-state index contributed by atoms with van der Waals surface area (Å²) in [6.45, 7) is 3.24. The Morgan fingerprint density at radius 1 is 1.30 bits per heavy atom. The van der Waals surface area contributed by atoms with E-state index in [1.165, 1.54) is 0 Å². The van der Waals surface area contributed by atoms with E-state index >= 15 is 0 Å². The Balaban J connectivity index is 1.95. The number of nitrogens with zero attached hydrogens (tertiary/aromatic N) is 4. The van der Waals surface area contributed by atoms with E-state index in [1.54, 1.807) is 30.3 Å². The highest BCUT2D eigenvalue weighted by atomic mass is 16.5. The quantitative estimate of drug-likeness (QED) is 0.820. The van der Waals surface area contributed by atoms with Crippen LogP contribution in [0.1, 0.15) is 19.2 Å². The van der Waals surface area contributed by atoms with Crippen molar-refractivity contribution in [3.05, 3.63) is 24.3 Å². The number of nitrogens with two attached hydrogens (primary N) is 1. The van der Waals surface area contributed by atoms with Crippen molar-refractivity contribution in [2.24, 2.45) is 0 Å². The normalized spacial score (nSPS) is 10.5. The molecule has 7 heteroatoms. The molecule has 108 valence electrons. The largest absolute Gasteiger partial charge is 0.481 e. The fourth-order valence-electron chi connectivity index (χ4n) is 1.79. The van der Waals surface area contributed by atoms with Gasteiger partial charge in [0.15, 0.2) is 0 Å². The number of rotatable bonds is 7. The van der Waals surface area contributed by atoms with Gasteiger partial charge in [0.1, 0.15) is 5.82 Å². The van der Waals surface area contributed by atoms with Gasteiger partial charge in [-0.3, -0.25) is 4.68 Å². The zero-order valence-corrected chi connectivity index (χ0v) is 11.7. The van der Waals surface area contributed by atoms with Crippen LogP contribution in [0.25, 0.3) is 0 Å². The van der Waals surface area contributed by atoms with Crippen molar-refractivity contribution >= 4 is 5.69 Å². The molecule has 0 unspecified atom stereocenters. The molecule has 2 aromatic rings. The summed E-state index contributed by atoms with van der Waals surface area (Å²) in [5.41, 5.74) is 6.28. The van der Waals surface area contributed by atoms with E-state index in [2.05, 4.69) is 15.1 Å². The van der Waals surface area contributed by atoms with Crippen LogP contribution in [0.5, 0.6) is 11.8 Å². The van der Waals surface area contributed by atoms with E-state index in [9.17, 15) is 0 Å². The molecule has 0 radical (unpaired) electrons. The number of aryl methyl sites for hydroxylation is 2. The third-order valence-corrected chi connectivity index (χ3v) is 2.67. The van der Waals surface area contributed by atoms with E-state index < -0.39 is 0 Å². The van der Waals surface area contributed by atoms with Crippen molar-refractivity contribution in [2.75, 3.05) is 19.5 Å². The number of hydrogen-bond donors (Lipinski definition) is 1. The summed E-state index contributed by atoms with van der Waals surface area (Å²) in [6, 6.07) is 1.68. The van der Waals surface area contributed by atoms with Crippen LogP contribution in [-0.2, 0) is 13.0 Å². The number of ether oxygens (including phenoxy) is 2. The van der Waals surface area contributed by atoms with Crippen LogP contribution in [-0.4, -0.2) is 33.5 Å². The van der Waals surface area contributed by atoms with Crippen molar-refractivity contribution in [3.8, 4) is 11.8 Å². The van der Waals surface area contributed by atoms with Crippen molar-refractivity contribution in [1.29, 1.82) is 0 Å². The van der Waals surface area contributed by atoms with Gasteiger partial charge in [0.05, 0.1) is 31.7 Å². The number of hydrogen-bond acceptors (Lipinski definition) is 6. The van der Waals surface area contributed by atoms with Crippen LogP contribution in [0.3, 0.4) is 0 Å². The Bertz CT molecular complexity index is 555.